The molecule has 0 bridgehead atoms. The molecule has 15 heavy (non-hydrogen) atoms. The summed E-state index contributed by atoms with van der Waals surface area (Å²) in [6.45, 7) is 0. The van der Waals surface area contributed by atoms with Crippen LogP contribution in [0, 0.1) is 0 Å². The molecule has 1 aromatic carbocycles. The second kappa shape index (κ2) is 4.01. The average molecular weight is 221 g/mol. The van der Waals surface area contributed by atoms with Gasteiger partial charge in [0.25, 0.3) is 5.91 Å². The molecule has 1 amide bonds. The molecule has 0 atom stereocenters. The number of nitrogens with zero attached hydrogens (tertiary/aromatic N) is 3. The van der Waals surface area contributed by atoms with Crippen molar-refractivity contribution in [3.05, 3.63) is 29.8 Å². The van der Waals surface area contributed by atoms with Crippen molar-refractivity contribution in [2.24, 2.45) is 0 Å². The Bertz CT molecular complexity index is 452. The first-order valence-corrected chi connectivity index (χ1v) is 4.85. The predicted molar refractivity (Wildman–Crippen MR) is 56.5 cm³/mol. The predicted octanol–water partition coefficient (Wildman–Crippen LogP) is 0.768. The lowest BCUT2D eigenvalue weighted by Gasteiger charge is -2.00. The summed E-state index contributed by atoms with van der Waals surface area (Å²) in [5, 5.41) is 9.90. The Kier molecular flexibility index (Phi) is 2.55. The van der Waals surface area contributed by atoms with Gasteiger partial charge in [-0.05, 0) is 29.5 Å². The van der Waals surface area contributed by atoms with E-state index in [1.807, 2.05) is 0 Å². The van der Waals surface area contributed by atoms with E-state index in [0.717, 1.165) is 11.5 Å². The summed E-state index contributed by atoms with van der Waals surface area (Å²) < 4.78 is 3.53. The van der Waals surface area contributed by atoms with E-state index in [1.54, 1.807) is 24.3 Å². The third-order valence-electron chi connectivity index (χ3n) is 1.69. The lowest BCUT2D eigenvalue weighted by Crippen LogP contribution is -2.11. The minimum absolute atomic E-state index is 0.256. The van der Waals surface area contributed by atoms with Crippen LogP contribution in [0.2, 0.25) is 0 Å². The molecule has 0 saturated heterocycles. The number of rotatable bonds is 2. The van der Waals surface area contributed by atoms with Crippen LogP contribution in [0.4, 0.5) is 10.8 Å². The highest BCUT2D eigenvalue weighted by Gasteiger charge is 2.07. The zero-order chi connectivity index (χ0) is 10.7. The van der Waals surface area contributed by atoms with E-state index in [-0.39, 0.29) is 5.91 Å². The van der Waals surface area contributed by atoms with Gasteiger partial charge in [-0.2, -0.15) is 0 Å². The van der Waals surface area contributed by atoms with Crippen LogP contribution >= 0.6 is 11.5 Å². The van der Waals surface area contributed by atoms with Gasteiger partial charge in [-0.3, -0.25) is 10.1 Å². The van der Waals surface area contributed by atoms with E-state index in [0.29, 0.717) is 16.4 Å². The molecule has 1 heterocycles. The molecule has 2 aromatic rings. The molecule has 0 fully saturated rings. The summed E-state index contributed by atoms with van der Waals surface area (Å²) >= 11 is 1.02. The number of hydrogen-bond acceptors (Lipinski definition) is 6. The molecule has 0 aliphatic heterocycles. The fraction of sp³-hybridized carbons (Fsp3) is 0. The monoisotopic (exact) mass is 221 g/mol. The fourth-order valence-electron chi connectivity index (χ4n) is 0.986. The Labute approximate surface area is 89.3 Å². The average Bonchev–Trinajstić information content (AvgIpc) is 2.71. The van der Waals surface area contributed by atoms with Crippen LogP contribution in [0.3, 0.4) is 0 Å². The van der Waals surface area contributed by atoms with Gasteiger partial charge in [0.2, 0.25) is 5.13 Å². The summed E-state index contributed by atoms with van der Waals surface area (Å²) in [4.78, 5) is 11.6. The van der Waals surface area contributed by atoms with Crippen molar-refractivity contribution in [1.82, 2.24) is 14.8 Å². The summed E-state index contributed by atoms with van der Waals surface area (Å²) in [6, 6.07) is 6.60. The molecule has 0 spiro atoms. The molecule has 0 unspecified atom stereocenters. The number of amides is 1. The molecule has 7 heteroatoms. The molecule has 0 radical (unpaired) electrons. The maximum absolute atomic E-state index is 11.6. The van der Waals surface area contributed by atoms with Crippen molar-refractivity contribution in [1.29, 1.82) is 0 Å². The van der Waals surface area contributed by atoms with E-state index in [2.05, 4.69) is 20.1 Å². The van der Waals surface area contributed by atoms with Crippen LogP contribution in [0.15, 0.2) is 24.3 Å². The number of aromatic nitrogens is 3. The summed E-state index contributed by atoms with van der Waals surface area (Å²) in [6.07, 6.45) is 0. The quantitative estimate of drug-likeness (QED) is 0.730. The molecule has 3 N–H and O–H groups in total. The van der Waals surface area contributed by atoms with Crippen molar-refractivity contribution in [3.63, 3.8) is 0 Å². The van der Waals surface area contributed by atoms with Gasteiger partial charge in [0.05, 0.1) is 0 Å². The van der Waals surface area contributed by atoms with Crippen molar-refractivity contribution in [2.45, 2.75) is 0 Å². The first-order chi connectivity index (χ1) is 7.25. The standard InChI is InChI=1S/C8H7N5OS/c9-6-3-1-5(2-4-6)7(14)10-8-11-12-13-15-8/h1-4H,9H2,(H,10,11,13,14). The summed E-state index contributed by atoms with van der Waals surface area (Å²) in [5.41, 5.74) is 6.63. The van der Waals surface area contributed by atoms with Crippen LogP contribution < -0.4 is 11.1 Å². The van der Waals surface area contributed by atoms with Gasteiger partial charge in [0.1, 0.15) is 0 Å². The number of benzene rings is 1. The second-order valence-corrected chi connectivity index (χ2v) is 3.48. The molecular weight excluding hydrogens is 214 g/mol. The number of anilines is 2. The van der Waals surface area contributed by atoms with E-state index < -0.39 is 0 Å². The molecule has 1 aromatic heterocycles. The molecule has 6 nitrogen and oxygen atoms in total. The van der Waals surface area contributed by atoms with Crippen LogP contribution in [-0.4, -0.2) is 20.7 Å². The van der Waals surface area contributed by atoms with Gasteiger partial charge in [-0.15, -0.1) is 0 Å². The number of carbonyl (C=O) groups is 1. The Morgan fingerprint density at radius 3 is 2.67 bits per heavy atom. The maximum Gasteiger partial charge on any atom is 0.257 e. The molecule has 0 aliphatic rings. The summed E-state index contributed by atoms with van der Waals surface area (Å²) in [7, 11) is 0. The van der Waals surface area contributed by atoms with Gasteiger partial charge in [-0.25, -0.2) is 0 Å². The van der Waals surface area contributed by atoms with Gasteiger partial charge < -0.3 is 5.73 Å². The van der Waals surface area contributed by atoms with Gasteiger partial charge in [0.15, 0.2) is 0 Å². The minimum Gasteiger partial charge on any atom is -0.399 e. The van der Waals surface area contributed by atoms with E-state index >= 15 is 0 Å². The number of nitrogen functional groups attached to an aromatic ring is 1. The fourth-order valence-corrected chi connectivity index (χ4v) is 1.35. The van der Waals surface area contributed by atoms with Crippen molar-refractivity contribution in [3.8, 4) is 0 Å². The lowest BCUT2D eigenvalue weighted by atomic mass is 10.2. The second-order valence-electron chi connectivity index (χ2n) is 2.74. The highest BCUT2D eigenvalue weighted by atomic mass is 32.1. The van der Waals surface area contributed by atoms with E-state index in [1.165, 1.54) is 0 Å². The first-order valence-electron chi connectivity index (χ1n) is 4.07. The van der Waals surface area contributed by atoms with Gasteiger partial charge in [0, 0.05) is 22.8 Å². The third kappa shape index (κ3) is 2.26. The van der Waals surface area contributed by atoms with Gasteiger partial charge in [-0.1, -0.05) is 9.59 Å². The van der Waals surface area contributed by atoms with Crippen molar-refractivity contribution in [2.75, 3.05) is 11.1 Å². The maximum atomic E-state index is 11.6. The smallest absolute Gasteiger partial charge is 0.257 e. The number of nitrogens with one attached hydrogen (secondary N) is 1. The summed E-state index contributed by atoms with van der Waals surface area (Å²) in [5.74, 6) is -0.256. The zero-order valence-corrected chi connectivity index (χ0v) is 8.36. The zero-order valence-electron chi connectivity index (χ0n) is 7.54. The van der Waals surface area contributed by atoms with Crippen LogP contribution in [0.25, 0.3) is 0 Å². The van der Waals surface area contributed by atoms with Crippen molar-refractivity contribution >= 4 is 28.3 Å². The Balaban J connectivity index is 2.11. The topological polar surface area (TPSA) is 93.8 Å². The Morgan fingerprint density at radius 1 is 1.33 bits per heavy atom. The van der Waals surface area contributed by atoms with Crippen molar-refractivity contribution < 1.29 is 4.79 Å². The molecule has 0 aliphatic carbocycles. The normalized spacial score (nSPS) is 9.87. The number of hydrogen-bond donors (Lipinski definition) is 2. The first kappa shape index (κ1) is 9.53. The van der Waals surface area contributed by atoms with Gasteiger partial charge >= 0.3 is 0 Å². The molecule has 76 valence electrons. The van der Waals surface area contributed by atoms with E-state index in [9.17, 15) is 4.79 Å². The highest BCUT2D eigenvalue weighted by molar-refractivity contribution is 7.09. The Morgan fingerprint density at radius 2 is 2.07 bits per heavy atom. The van der Waals surface area contributed by atoms with Crippen LogP contribution in [0.1, 0.15) is 10.4 Å². The largest absolute Gasteiger partial charge is 0.399 e. The minimum atomic E-state index is -0.256. The SMILES string of the molecule is Nc1ccc(C(=O)Nc2nnns2)cc1. The van der Waals surface area contributed by atoms with Crippen LogP contribution in [0.5, 0.6) is 0 Å². The number of carbonyl (C=O) groups excluding carboxylic acids is 1. The third-order valence-corrected chi connectivity index (χ3v) is 2.20. The molecular formula is C8H7N5OS. The molecule has 2 rings (SSSR count). The molecule has 0 saturated carbocycles. The lowest BCUT2D eigenvalue weighted by molar-refractivity contribution is 0.102. The van der Waals surface area contributed by atoms with Crippen LogP contribution in [-0.2, 0) is 0 Å². The highest BCUT2D eigenvalue weighted by Crippen LogP contribution is 2.10. The number of nitrogens with two attached hydrogens (primary N) is 1. The Hall–Kier alpha value is -2.02. The van der Waals surface area contributed by atoms with E-state index in [4.69, 9.17) is 5.73 Å².